The van der Waals surface area contributed by atoms with Crippen molar-refractivity contribution in [2.75, 3.05) is 31.9 Å². The van der Waals surface area contributed by atoms with Crippen LogP contribution in [0.5, 0.6) is 0 Å². The molecule has 1 aliphatic rings. The molecule has 2 aromatic heterocycles. The van der Waals surface area contributed by atoms with Gasteiger partial charge in [0.15, 0.2) is 5.82 Å². The van der Waals surface area contributed by atoms with Crippen molar-refractivity contribution >= 4 is 27.7 Å². The van der Waals surface area contributed by atoms with E-state index in [4.69, 9.17) is 0 Å². The van der Waals surface area contributed by atoms with Crippen molar-refractivity contribution < 1.29 is 13.2 Å². The monoisotopic (exact) mass is 500 g/mol. The summed E-state index contributed by atoms with van der Waals surface area (Å²) in [5, 5.41) is 7.48. The lowest BCUT2D eigenvalue weighted by atomic mass is 9.87. The average Bonchev–Trinajstić information content (AvgIpc) is 3.32. The molecule has 1 aliphatic heterocycles. The lowest BCUT2D eigenvalue weighted by Crippen LogP contribution is -2.50. The van der Waals surface area contributed by atoms with E-state index in [-0.39, 0.29) is 35.1 Å². The van der Waals surface area contributed by atoms with Crippen LogP contribution in [0.2, 0.25) is 0 Å². The zero-order valence-corrected chi connectivity index (χ0v) is 21.1. The number of rotatable bonds is 6. The molecule has 3 aromatic rings. The van der Waals surface area contributed by atoms with E-state index in [2.05, 4.69) is 40.9 Å². The highest BCUT2D eigenvalue weighted by molar-refractivity contribution is 7.99. The number of amides is 1. The predicted molar refractivity (Wildman–Crippen MR) is 131 cm³/mol. The van der Waals surface area contributed by atoms with Crippen LogP contribution in [0, 0.1) is 0 Å². The molecule has 1 amide bonds. The number of carbonyl (C=O) groups excluding carboxylic acids is 1. The zero-order valence-electron chi connectivity index (χ0n) is 19.4. The summed E-state index contributed by atoms with van der Waals surface area (Å²) >= 11 is 1.25. The van der Waals surface area contributed by atoms with Gasteiger partial charge in [-0.2, -0.15) is 4.31 Å². The van der Waals surface area contributed by atoms with E-state index in [1.54, 1.807) is 29.4 Å². The van der Waals surface area contributed by atoms with Gasteiger partial charge in [-0.15, -0.1) is 5.10 Å². The second-order valence-electron chi connectivity index (χ2n) is 9.06. The van der Waals surface area contributed by atoms with Crippen LogP contribution in [-0.4, -0.2) is 75.6 Å². The van der Waals surface area contributed by atoms with E-state index in [0.717, 1.165) is 11.1 Å². The summed E-state index contributed by atoms with van der Waals surface area (Å²) in [4.78, 5) is 23.1. The summed E-state index contributed by atoms with van der Waals surface area (Å²) in [6.45, 7) is 7.52. The molecule has 3 heterocycles. The van der Waals surface area contributed by atoms with E-state index in [1.807, 2.05) is 24.3 Å². The van der Waals surface area contributed by atoms with Crippen LogP contribution in [0.3, 0.4) is 0 Å². The highest BCUT2D eigenvalue weighted by Gasteiger charge is 2.30. The maximum absolute atomic E-state index is 13.0. The Bertz CT molecular complexity index is 1230. The standard InChI is InChI=1S/C23H28N6O3S2/c1-23(2,3)18-6-8-19(9-7-18)34(31,32)29-13-11-28(12-14-29)20(30)16-33-22-25-21(26-27-22)17-5-4-10-24-15-17/h4-10,15H,11-14,16H2,1-3H3,(H,25,26,27). The Hall–Kier alpha value is -2.76. The number of piperazine rings is 1. The third kappa shape index (κ3) is 5.48. The van der Waals surface area contributed by atoms with Crippen LogP contribution in [0.1, 0.15) is 26.3 Å². The summed E-state index contributed by atoms with van der Waals surface area (Å²) in [6.07, 6.45) is 3.37. The molecule has 1 fully saturated rings. The summed E-state index contributed by atoms with van der Waals surface area (Å²) in [7, 11) is -3.59. The third-order valence-electron chi connectivity index (χ3n) is 5.67. The van der Waals surface area contributed by atoms with Gasteiger partial charge in [-0.05, 0) is 35.2 Å². The number of H-pyrrole nitrogens is 1. The molecule has 180 valence electrons. The molecule has 0 radical (unpaired) electrons. The van der Waals surface area contributed by atoms with Gasteiger partial charge in [-0.25, -0.2) is 13.4 Å². The minimum Gasteiger partial charge on any atom is -0.339 e. The summed E-state index contributed by atoms with van der Waals surface area (Å²) in [6, 6.07) is 10.8. The number of thioether (sulfide) groups is 1. The molecule has 0 aliphatic carbocycles. The fraction of sp³-hybridized carbons (Fsp3) is 0.391. The number of sulfonamides is 1. The molecule has 0 spiro atoms. The SMILES string of the molecule is CC(C)(C)c1ccc(S(=O)(=O)N2CCN(C(=O)CSc3n[nH]c(-c4cccnc4)n3)CC2)cc1. The Morgan fingerprint density at radius 3 is 2.41 bits per heavy atom. The first-order chi connectivity index (χ1) is 16.1. The molecule has 0 saturated carbocycles. The van der Waals surface area contributed by atoms with Crippen LogP contribution < -0.4 is 0 Å². The number of carbonyl (C=O) groups is 1. The highest BCUT2D eigenvalue weighted by atomic mass is 32.2. The number of nitrogens with zero attached hydrogens (tertiary/aromatic N) is 5. The molecule has 1 saturated heterocycles. The third-order valence-corrected chi connectivity index (χ3v) is 8.42. The normalized spacial score (nSPS) is 15.4. The maximum atomic E-state index is 13.0. The largest absolute Gasteiger partial charge is 0.339 e. The van der Waals surface area contributed by atoms with Crippen molar-refractivity contribution in [1.29, 1.82) is 0 Å². The summed E-state index contributed by atoms with van der Waals surface area (Å²) in [5.74, 6) is 0.715. The fourth-order valence-electron chi connectivity index (χ4n) is 3.61. The van der Waals surface area contributed by atoms with Gasteiger partial charge < -0.3 is 4.90 Å². The first kappa shape index (κ1) is 24.4. The molecule has 9 nitrogen and oxygen atoms in total. The van der Waals surface area contributed by atoms with E-state index < -0.39 is 10.0 Å². The molecule has 11 heteroatoms. The molecular weight excluding hydrogens is 472 g/mol. The Balaban J connectivity index is 1.30. The number of nitrogens with one attached hydrogen (secondary N) is 1. The molecule has 4 rings (SSSR count). The second kappa shape index (κ2) is 9.85. The fourth-order valence-corrected chi connectivity index (χ4v) is 5.74. The minimum absolute atomic E-state index is 0.0436. The van der Waals surface area contributed by atoms with Gasteiger partial charge in [0, 0.05) is 44.1 Å². The van der Waals surface area contributed by atoms with Crippen molar-refractivity contribution in [3.8, 4) is 11.4 Å². The first-order valence-corrected chi connectivity index (χ1v) is 13.4. The smallest absolute Gasteiger partial charge is 0.243 e. The summed E-state index contributed by atoms with van der Waals surface area (Å²) < 4.78 is 27.5. The Morgan fingerprint density at radius 2 is 1.79 bits per heavy atom. The Morgan fingerprint density at radius 1 is 1.09 bits per heavy atom. The number of hydrogen-bond acceptors (Lipinski definition) is 7. The van der Waals surface area contributed by atoms with Gasteiger partial charge in [0.05, 0.1) is 10.6 Å². The quantitative estimate of drug-likeness (QED) is 0.518. The molecule has 0 unspecified atom stereocenters. The van der Waals surface area contributed by atoms with Gasteiger partial charge >= 0.3 is 0 Å². The summed E-state index contributed by atoms with van der Waals surface area (Å²) in [5.41, 5.74) is 1.86. The highest BCUT2D eigenvalue weighted by Crippen LogP contribution is 2.25. The van der Waals surface area contributed by atoms with Gasteiger partial charge in [0.1, 0.15) is 0 Å². The molecule has 0 bridgehead atoms. The van der Waals surface area contributed by atoms with E-state index >= 15 is 0 Å². The number of hydrogen-bond donors (Lipinski definition) is 1. The molecule has 1 N–H and O–H groups in total. The van der Waals surface area contributed by atoms with Gasteiger partial charge in [-0.3, -0.25) is 14.9 Å². The van der Waals surface area contributed by atoms with Crippen molar-refractivity contribution in [3.63, 3.8) is 0 Å². The number of benzene rings is 1. The number of aromatic nitrogens is 4. The predicted octanol–water partition coefficient (Wildman–Crippen LogP) is 2.79. The zero-order chi connectivity index (χ0) is 24.3. The van der Waals surface area contributed by atoms with Crippen molar-refractivity contribution in [2.45, 2.75) is 36.2 Å². The second-order valence-corrected chi connectivity index (χ2v) is 11.9. The molecule has 34 heavy (non-hydrogen) atoms. The van der Waals surface area contributed by atoms with Crippen LogP contribution in [0.25, 0.3) is 11.4 Å². The van der Waals surface area contributed by atoms with Crippen LogP contribution >= 0.6 is 11.8 Å². The number of pyridine rings is 1. The van der Waals surface area contributed by atoms with Crippen molar-refractivity contribution in [1.82, 2.24) is 29.4 Å². The molecule has 0 atom stereocenters. The molecular formula is C23H28N6O3S2. The van der Waals surface area contributed by atoms with Crippen molar-refractivity contribution in [2.24, 2.45) is 0 Å². The van der Waals surface area contributed by atoms with E-state index in [1.165, 1.54) is 16.1 Å². The van der Waals surface area contributed by atoms with Gasteiger partial charge in [0.25, 0.3) is 0 Å². The van der Waals surface area contributed by atoms with E-state index in [0.29, 0.717) is 24.1 Å². The maximum Gasteiger partial charge on any atom is 0.243 e. The number of aromatic amines is 1. The topological polar surface area (TPSA) is 112 Å². The Kier molecular flexibility index (Phi) is 7.06. The average molecular weight is 501 g/mol. The van der Waals surface area contributed by atoms with Crippen LogP contribution in [-0.2, 0) is 20.2 Å². The Labute approximate surface area is 204 Å². The molecule has 1 aromatic carbocycles. The first-order valence-electron chi connectivity index (χ1n) is 11.0. The van der Waals surface area contributed by atoms with Crippen molar-refractivity contribution in [3.05, 3.63) is 54.4 Å². The van der Waals surface area contributed by atoms with E-state index in [9.17, 15) is 13.2 Å². The van der Waals surface area contributed by atoms with Crippen LogP contribution in [0.15, 0.2) is 58.8 Å². The van der Waals surface area contributed by atoms with Crippen LogP contribution in [0.4, 0.5) is 0 Å². The lowest BCUT2D eigenvalue weighted by molar-refractivity contribution is -0.129. The van der Waals surface area contributed by atoms with Gasteiger partial charge in [0.2, 0.25) is 21.1 Å². The lowest BCUT2D eigenvalue weighted by Gasteiger charge is -2.34. The van der Waals surface area contributed by atoms with Gasteiger partial charge in [-0.1, -0.05) is 44.7 Å². The minimum atomic E-state index is -3.59.